The van der Waals surface area contributed by atoms with Crippen molar-refractivity contribution >= 4 is 0 Å². The average molecular weight is 242 g/mol. The van der Waals surface area contributed by atoms with Crippen LogP contribution >= 0.6 is 0 Å². The first-order chi connectivity index (χ1) is 8.81. The lowest BCUT2D eigenvalue weighted by atomic mass is 10.1. The van der Waals surface area contributed by atoms with Crippen molar-refractivity contribution in [1.29, 1.82) is 0 Å². The molecule has 1 N–H and O–H groups in total. The Morgan fingerprint density at radius 1 is 1.17 bits per heavy atom. The Hall–Kier alpha value is -1.87. The smallest absolute Gasteiger partial charge is 0.217 e. The third-order valence-electron chi connectivity index (χ3n) is 2.94. The van der Waals surface area contributed by atoms with Gasteiger partial charge in [-0.25, -0.2) is 4.98 Å². The summed E-state index contributed by atoms with van der Waals surface area (Å²) in [7, 11) is 1.65. The van der Waals surface area contributed by atoms with Gasteiger partial charge in [0.25, 0.3) is 0 Å². The van der Waals surface area contributed by atoms with Crippen LogP contribution in [0.15, 0.2) is 48.7 Å². The van der Waals surface area contributed by atoms with Gasteiger partial charge in [0.2, 0.25) is 5.88 Å². The highest BCUT2D eigenvalue weighted by Gasteiger charge is 2.07. The molecule has 0 aliphatic rings. The molecule has 3 nitrogen and oxygen atoms in total. The first-order valence-corrected chi connectivity index (χ1v) is 6.07. The van der Waals surface area contributed by atoms with E-state index in [4.69, 9.17) is 4.74 Å². The first kappa shape index (κ1) is 12.6. The maximum Gasteiger partial charge on any atom is 0.217 e. The fourth-order valence-corrected chi connectivity index (χ4v) is 1.87. The van der Waals surface area contributed by atoms with Crippen LogP contribution < -0.4 is 10.1 Å². The predicted molar refractivity (Wildman–Crippen MR) is 72.5 cm³/mol. The molecule has 0 saturated carbocycles. The second-order valence-corrected chi connectivity index (χ2v) is 4.19. The number of hydrogen-bond acceptors (Lipinski definition) is 3. The molecule has 94 valence electrons. The summed E-state index contributed by atoms with van der Waals surface area (Å²) in [6.45, 7) is 2.89. The lowest BCUT2D eigenvalue weighted by Gasteiger charge is -2.15. The number of hydrogen-bond donors (Lipinski definition) is 1. The Kier molecular flexibility index (Phi) is 4.31. The number of nitrogens with one attached hydrogen (secondary N) is 1. The van der Waals surface area contributed by atoms with Gasteiger partial charge in [-0.1, -0.05) is 36.4 Å². The number of rotatable bonds is 5. The Labute approximate surface area is 108 Å². The molecule has 0 aliphatic carbocycles. The lowest BCUT2D eigenvalue weighted by molar-refractivity contribution is 0.389. The Morgan fingerprint density at radius 3 is 2.67 bits per heavy atom. The third-order valence-corrected chi connectivity index (χ3v) is 2.94. The zero-order valence-corrected chi connectivity index (χ0v) is 10.8. The van der Waals surface area contributed by atoms with Gasteiger partial charge in [0.15, 0.2) is 0 Å². The molecule has 1 unspecified atom stereocenters. The van der Waals surface area contributed by atoms with Gasteiger partial charge in [0.1, 0.15) is 0 Å². The molecule has 3 heteroatoms. The molecule has 18 heavy (non-hydrogen) atoms. The van der Waals surface area contributed by atoms with Gasteiger partial charge >= 0.3 is 0 Å². The normalized spacial score (nSPS) is 12.1. The molecule has 1 aromatic carbocycles. The molecule has 2 aromatic rings. The summed E-state index contributed by atoms with van der Waals surface area (Å²) < 4.78 is 5.23. The lowest BCUT2D eigenvalue weighted by Crippen LogP contribution is -2.18. The van der Waals surface area contributed by atoms with Gasteiger partial charge in [-0.15, -0.1) is 0 Å². The van der Waals surface area contributed by atoms with Gasteiger partial charge in [0.05, 0.1) is 7.11 Å². The Bertz CT molecular complexity index is 485. The molecule has 0 amide bonds. The standard InChI is InChI=1S/C15H18N2O/c1-12(13-7-4-3-5-8-13)17-11-14-9-6-10-16-15(14)18-2/h3-10,12,17H,11H2,1-2H3. The number of ether oxygens (including phenoxy) is 1. The van der Waals surface area contributed by atoms with E-state index < -0.39 is 0 Å². The van der Waals surface area contributed by atoms with Crippen molar-refractivity contribution in [3.63, 3.8) is 0 Å². The van der Waals surface area contributed by atoms with Crippen LogP contribution in [0, 0.1) is 0 Å². The molecule has 0 radical (unpaired) electrons. The summed E-state index contributed by atoms with van der Waals surface area (Å²) in [6, 6.07) is 14.6. The van der Waals surface area contributed by atoms with Crippen LogP contribution in [0.4, 0.5) is 0 Å². The van der Waals surface area contributed by atoms with Crippen molar-refractivity contribution in [1.82, 2.24) is 10.3 Å². The number of aromatic nitrogens is 1. The van der Waals surface area contributed by atoms with Gasteiger partial charge < -0.3 is 10.1 Å². The first-order valence-electron chi connectivity index (χ1n) is 6.07. The molecule has 1 aromatic heterocycles. The summed E-state index contributed by atoms with van der Waals surface area (Å²) in [5.74, 6) is 0.685. The highest BCUT2D eigenvalue weighted by molar-refractivity contribution is 5.25. The van der Waals surface area contributed by atoms with Crippen LogP contribution in [-0.4, -0.2) is 12.1 Å². The Balaban J connectivity index is 1.99. The summed E-state index contributed by atoms with van der Waals surface area (Å²) in [6.07, 6.45) is 1.74. The van der Waals surface area contributed by atoms with E-state index in [2.05, 4.69) is 41.5 Å². The molecular weight excluding hydrogens is 224 g/mol. The van der Waals surface area contributed by atoms with Crippen molar-refractivity contribution in [3.05, 3.63) is 59.8 Å². The molecule has 1 atom stereocenters. The van der Waals surface area contributed by atoms with Crippen LogP contribution in [0.2, 0.25) is 0 Å². The van der Waals surface area contributed by atoms with Gasteiger partial charge in [-0.2, -0.15) is 0 Å². The second-order valence-electron chi connectivity index (χ2n) is 4.19. The number of nitrogens with zero attached hydrogens (tertiary/aromatic N) is 1. The molecule has 0 bridgehead atoms. The van der Waals surface area contributed by atoms with Crippen molar-refractivity contribution in [2.75, 3.05) is 7.11 Å². The zero-order chi connectivity index (χ0) is 12.8. The van der Waals surface area contributed by atoms with E-state index in [1.807, 2.05) is 18.2 Å². The van der Waals surface area contributed by atoms with Gasteiger partial charge in [0, 0.05) is 24.3 Å². The molecular formula is C15H18N2O. The minimum absolute atomic E-state index is 0.302. The topological polar surface area (TPSA) is 34.1 Å². The van der Waals surface area contributed by atoms with E-state index in [0.29, 0.717) is 11.9 Å². The Morgan fingerprint density at radius 2 is 1.94 bits per heavy atom. The SMILES string of the molecule is COc1ncccc1CNC(C)c1ccccc1. The van der Waals surface area contributed by atoms with Gasteiger partial charge in [-0.05, 0) is 18.6 Å². The third kappa shape index (κ3) is 3.08. The highest BCUT2D eigenvalue weighted by Crippen LogP contribution is 2.16. The molecule has 2 rings (SSSR count). The summed E-state index contributed by atoms with van der Waals surface area (Å²) in [5, 5.41) is 3.47. The molecule has 0 spiro atoms. The van der Waals surface area contributed by atoms with E-state index in [1.165, 1.54) is 5.56 Å². The number of pyridine rings is 1. The van der Waals surface area contributed by atoms with Crippen molar-refractivity contribution in [2.24, 2.45) is 0 Å². The van der Waals surface area contributed by atoms with Gasteiger partial charge in [-0.3, -0.25) is 0 Å². The van der Waals surface area contributed by atoms with Crippen molar-refractivity contribution in [3.8, 4) is 5.88 Å². The summed E-state index contributed by atoms with van der Waals surface area (Å²) in [5.41, 5.74) is 2.35. The predicted octanol–water partition coefficient (Wildman–Crippen LogP) is 2.94. The van der Waals surface area contributed by atoms with Crippen LogP contribution in [-0.2, 0) is 6.54 Å². The maximum atomic E-state index is 5.23. The minimum atomic E-state index is 0.302. The molecule has 0 saturated heterocycles. The fourth-order valence-electron chi connectivity index (χ4n) is 1.87. The average Bonchev–Trinajstić information content (AvgIpc) is 2.46. The van der Waals surface area contributed by atoms with E-state index in [9.17, 15) is 0 Å². The van der Waals surface area contributed by atoms with Crippen molar-refractivity contribution < 1.29 is 4.74 Å². The van der Waals surface area contributed by atoms with Crippen LogP contribution in [0.1, 0.15) is 24.1 Å². The van der Waals surface area contributed by atoms with Crippen LogP contribution in [0.5, 0.6) is 5.88 Å². The van der Waals surface area contributed by atoms with E-state index in [0.717, 1.165) is 12.1 Å². The highest BCUT2D eigenvalue weighted by atomic mass is 16.5. The maximum absolute atomic E-state index is 5.23. The van der Waals surface area contributed by atoms with E-state index in [1.54, 1.807) is 13.3 Å². The van der Waals surface area contributed by atoms with Crippen LogP contribution in [0.3, 0.4) is 0 Å². The minimum Gasteiger partial charge on any atom is -0.481 e. The largest absolute Gasteiger partial charge is 0.481 e. The monoisotopic (exact) mass is 242 g/mol. The number of methoxy groups -OCH3 is 1. The molecule has 0 aliphatic heterocycles. The van der Waals surface area contributed by atoms with E-state index >= 15 is 0 Å². The second kappa shape index (κ2) is 6.17. The molecule has 1 heterocycles. The van der Waals surface area contributed by atoms with E-state index in [-0.39, 0.29) is 0 Å². The fraction of sp³-hybridized carbons (Fsp3) is 0.267. The molecule has 0 fully saturated rings. The van der Waals surface area contributed by atoms with Crippen LogP contribution in [0.25, 0.3) is 0 Å². The summed E-state index contributed by atoms with van der Waals surface area (Å²) in [4.78, 5) is 4.19. The number of benzene rings is 1. The summed E-state index contributed by atoms with van der Waals surface area (Å²) >= 11 is 0. The van der Waals surface area contributed by atoms with Crippen molar-refractivity contribution in [2.45, 2.75) is 19.5 Å². The quantitative estimate of drug-likeness (QED) is 0.875. The zero-order valence-electron chi connectivity index (χ0n) is 10.8.